The molecule has 0 aliphatic carbocycles. The van der Waals surface area contributed by atoms with Crippen LogP contribution in [0.4, 0.5) is 0 Å². The molecular formula is O25Zn15-20. The summed E-state index contributed by atoms with van der Waals surface area (Å²) in [4.78, 5) is 0. The van der Waals surface area contributed by atoms with E-state index in [1.54, 1.807) is 0 Å². The Kier molecular flexibility index (Phi) is 56700. The second-order valence-electron chi connectivity index (χ2n) is 0. The van der Waals surface area contributed by atoms with E-state index in [2.05, 4.69) is 0 Å². The second kappa shape index (κ2) is 1460. The van der Waals surface area contributed by atoms with Crippen molar-refractivity contribution in [2.75, 3.05) is 0 Å². The summed E-state index contributed by atoms with van der Waals surface area (Å²) in [7, 11) is 0. The third-order valence-electron chi connectivity index (χ3n) is 0. The van der Waals surface area contributed by atoms with Gasteiger partial charge in [-0.3, -0.25) is 0 Å². The van der Waals surface area contributed by atoms with E-state index in [1.165, 1.54) is 0 Å². The molecule has 0 aromatic heterocycles. The summed E-state index contributed by atoms with van der Waals surface area (Å²) in [5, 5.41) is 0. The van der Waals surface area contributed by atoms with Gasteiger partial charge in [0.05, 0.1) is 0 Å². The Morgan fingerprint density at radius 3 is 0.0500 bits per heavy atom. The largest absolute Gasteiger partial charge is 2.00 e. The minimum absolute atomic E-state index is 0. The molecular weight excluding hydrogens is 1380 g/mol. The first-order valence-corrected chi connectivity index (χ1v) is 0. The van der Waals surface area contributed by atoms with E-state index in [4.69, 9.17) is 0 Å². The fraction of sp³-hybridized carbons (Fsp3) is 0. The van der Waals surface area contributed by atoms with Crippen LogP contribution in [-0.2, 0) is 429 Å². The quantitative estimate of drug-likeness (QED) is 0.219. The van der Waals surface area contributed by atoms with Crippen LogP contribution in [0.3, 0.4) is 0 Å². The Bertz CT molecular complexity index is 38.2. The maximum absolute atomic E-state index is 0. The monoisotopic (exact) mass is 1360 g/mol. The van der Waals surface area contributed by atoms with Crippen molar-refractivity contribution in [3.05, 3.63) is 0 Å². The van der Waals surface area contributed by atoms with Gasteiger partial charge in [0.25, 0.3) is 0 Å². The SMILES string of the molecule is [O-2].[O-2].[O-2].[O-2].[O-2].[O-2].[O-2].[O-2].[O-2].[O-2].[O-2].[O-2].[O-2].[O-2].[O-2].[O-2].[O-2].[O-2].[O-2].[O-2].[O-2].[O-2].[O-2].[O-2].[O-2].[Zn+2].[Zn+2].[Zn+2].[Zn+2].[Zn+2].[Zn+2].[Zn+2].[Zn+2].[Zn+2].[Zn+2].[Zn+2].[Zn+2].[Zn+2].[Zn+2].[Zn+2]. The molecule has 0 heterocycles. The average molecular weight is 1380 g/mol. The Balaban J connectivity index is 0. The molecule has 40 heavy (non-hydrogen) atoms. The van der Waals surface area contributed by atoms with Gasteiger partial charge in [0.2, 0.25) is 0 Å². The second-order valence-corrected chi connectivity index (χ2v) is 0. The van der Waals surface area contributed by atoms with Crippen molar-refractivity contribution in [1.29, 1.82) is 0 Å². The van der Waals surface area contributed by atoms with E-state index in [-0.39, 0.29) is 429 Å². The normalized spacial score (nSPS) is 0. The predicted octanol–water partition coefficient (Wildman–Crippen LogP) is -3.01. The van der Waals surface area contributed by atoms with Gasteiger partial charge in [-0.1, -0.05) is 0 Å². The van der Waals surface area contributed by atoms with Gasteiger partial charge in [-0.05, 0) is 0 Å². The van der Waals surface area contributed by atoms with Gasteiger partial charge in [0.15, 0.2) is 0 Å². The van der Waals surface area contributed by atoms with E-state index in [9.17, 15) is 0 Å². The molecule has 0 aliphatic rings. The van der Waals surface area contributed by atoms with Crippen molar-refractivity contribution in [1.82, 2.24) is 0 Å². The smallest absolute Gasteiger partial charge is 2.00 e. The molecule has 0 rings (SSSR count). The Hall–Kier alpha value is 8.35. The molecule has 0 spiro atoms. The first kappa shape index (κ1) is 1550. The van der Waals surface area contributed by atoms with Crippen LogP contribution in [0.25, 0.3) is 0 Å². The van der Waals surface area contributed by atoms with Crippen LogP contribution in [-0.4, -0.2) is 0 Å². The van der Waals surface area contributed by atoms with Crippen molar-refractivity contribution in [3.63, 3.8) is 0 Å². The van der Waals surface area contributed by atoms with E-state index in [0.717, 1.165) is 0 Å². The standard InChI is InChI=1S/25O.15Zn/q25*-2;15*+2. The topological polar surface area (TPSA) is 712 Å². The minimum Gasteiger partial charge on any atom is -2.00 e. The van der Waals surface area contributed by atoms with E-state index >= 15 is 0 Å². The predicted molar refractivity (Wildman–Crippen MR) is 17.2 cm³/mol. The van der Waals surface area contributed by atoms with Gasteiger partial charge in [0, 0.05) is 0 Å². The van der Waals surface area contributed by atoms with Crippen molar-refractivity contribution in [3.8, 4) is 0 Å². The van der Waals surface area contributed by atoms with Crippen molar-refractivity contribution < 1.29 is 429 Å². The summed E-state index contributed by atoms with van der Waals surface area (Å²) in [6.07, 6.45) is 0. The van der Waals surface area contributed by atoms with Gasteiger partial charge >= 0.3 is 292 Å². The summed E-state index contributed by atoms with van der Waals surface area (Å²) in [6, 6.07) is 0. The zero-order valence-electron chi connectivity index (χ0n) is 20.8. The summed E-state index contributed by atoms with van der Waals surface area (Å²) >= 11 is 0. The van der Waals surface area contributed by atoms with Crippen LogP contribution < -0.4 is 0 Å². The molecule has 0 radical (unpaired) electrons. The number of hydrogen-bond donors (Lipinski definition) is 0. The molecule has 25 nitrogen and oxygen atoms in total. The molecule has 0 N–H and O–H groups in total. The van der Waals surface area contributed by atoms with Gasteiger partial charge < -0.3 is 137 Å². The molecule has 200 valence electrons. The molecule has 0 unspecified atom stereocenters. The van der Waals surface area contributed by atoms with Crippen molar-refractivity contribution >= 4 is 0 Å². The zero-order valence-corrected chi connectivity index (χ0v) is 65.3. The van der Waals surface area contributed by atoms with Crippen LogP contribution in [0.5, 0.6) is 0 Å². The molecule has 0 aliphatic heterocycles. The molecule has 40 heteroatoms. The summed E-state index contributed by atoms with van der Waals surface area (Å²) in [5.41, 5.74) is 0. The molecule has 0 saturated heterocycles. The third-order valence-corrected chi connectivity index (χ3v) is 0. The van der Waals surface area contributed by atoms with Crippen LogP contribution in [0.2, 0.25) is 0 Å². The molecule has 0 aromatic carbocycles. The van der Waals surface area contributed by atoms with Crippen molar-refractivity contribution in [2.45, 2.75) is 0 Å². The molecule has 0 fully saturated rings. The molecule has 0 amide bonds. The minimum atomic E-state index is 0. The van der Waals surface area contributed by atoms with Gasteiger partial charge in [-0.15, -0.1) is 0 Å². The summed E-state index contributed by atoms with van der Waals surface area (Å²) in [6.45, 7) is 0. The van der Waals surface area contributed by atoms with Gasteiger partial charge in [-0.25, -0.2) is 0 Å². The van der Waals surface area contributed by atoms with Gasteiger partial charge in [-0.2, -0.15) is 0 Å². The molecule has 0 atom stereocenters. The Morgan fingerprint density at radius 2 is 0.0500 bits per heavy atom. The third kappa shape index (κ3) is 1370. The first-order valence-electron chi connectivity index (χ1n) is 0. The average Bonchev–Trinajstić information content (AvgIpc) is 0. The molecule has 0 bridgehead atoms. The number of hydrogen-bond acceptors (Lipinski definition) is 0. The zero-order chi connectivity index (χ0) is 0. The van der Waals surface area contributed by atoms with Crippen LogP contribution in [0.1, 0.15) is 0 Å². The van der Waals surface area contributed by atoms with Crippen LogP contribution in [0.15, 0.2) is 0 Å². The maximum Gasteiger partial charge on any atom is 2.00 e. The van der Waals surface area contributed by atoms with E-state index in [0.29, 0.717) is 0 Å². The van der Waals surface area contributed by atoms with Gasteiger partial charge in [0.1, 0.15) is 0 Å². The van der Waals surface area contributed by atoms with Crippen LogP contribution >= 0.6 is 0 Å². The summed E-state index contributed by atoms with van der Waals surface area (Å²) in [5.74, 6) is 0. The van der Waals surface area contributed by atoms with E-state index < -0.39 is 0 Å². The fourth-order valence-electron chi connectivity index (χ4n) is 0. The summed E-state index contributed by atoms with van der Waals surface area (Å²) < 4.78 is 0. The molecule has 0 saturated carbocycles. The van der Waals surface area contributed by atoms with Crippen LogP contribution in [0, 0.1) is 0 Å². The maximum atomic E-state index is 0. The first-order chi connectivity index (χ1) is 0. The molecule has 0 aromatic rings. The van der Waals surface area contributed by atoms with Crippen molar-refractivity contribution in [2.24, 2.45) is 0 Å². The fourth-order valence-corrected chi connectivity index (χ4v) is 0. The Labute approximate surface area is 422 Å². The van der Waals surface area contributed by atoms with E-state index in [1.807, 2.05) is 0 Å². The number of rotatable bonds is 0. The Morgan fingerprint density at radius 1 is 0.0500 bits per heavy atom.